The zero-order chi connectivity index (χ0) is 15.3. The lowest BCUT2D eigenvalue weighted by molar-refractivity contribution is 0.116. The highest BCUT2D eigenvalue weighted by Crippen LogP contribution is 2.17. The normalized spacial score (nSPS) is 13.7. The van der Waals surface area contributed by atoms with E-state index in [1.54, 1.807) is 0 Å². The highest BCUT2D eigenvalue weighted by molar-refractivity contribution is 7.89. The molecule has 0 heterocycles. The fourth-order valence-corrected chi connectivity index (χ4v) is 3.05. The summed E-state index contributed by atoms with van der Waals surface area (Å²) in [6.07, 6.45) is 0. The van der Waals surface area contributed by atoms with Gasteiger partial charge in [-0.3, -0.25) is 0 Å². The van der Waals surface area contributed by atoms with Gasteiger partial charge < -0.3 is 10.5 Å². The number of nitrogens with two attached hydrogens (primary N) is 1. The molecule has 1 unspecified atom stereocenters. The summed E-state index contributed by atoms with van der Waals surface area (Å²) in [5.74, 6) is -0.640. The molecule has 0 aliphatic carbocycles. The first-order valence-electron chi connectivity index (χ1n) is 6.42. The van der Waals surface area contributed by atoms with Crippen molar-refractivity contribution < 1.29 is 17.5 Å². The van der Waals surface area contributed by atoms with Crippen molar-refractivity contribution in [2.45, 2.75) is 31.7 Å². The van der Waals surface area contributed by atoms with E-state index in [9.17, 15) is 12.8 Å². The standard InChI is InChI=1S/C13H21FN2O3S/c1-4-19-8-13(9(2)3)16-20(17,18)12-6-10(14)5-11(15)7-12/h5-7,9,13,16H,4,8,15H2,1-3H3. The van der Waals surface area contributed by atoms with E-state index < -0.39 is 15.8 Å². The van der Waals surface area contributed by atoms with Crippen LogP contribution in [0, 0.1) is 11.7 Å². The molecular weight excluding hydrogens is 283 g/mol. The Morgan fingerprint density at radius 2 is 2.00 bits per heavy atom. The number of hydrogen-bond acceptors (Lipinski definition) is 4. The van der Waals surface area contributed by atoms with Gasteiger partial charge in [-0.05, 0) is 31.0 Å². The largest absolute Gasteiger partial charge is 0.399 e. The van der Waals surface area contributed by atoms with Crippen LogP contribution in [0.2, 0.25) is 0 Å². The third-order valence-electron chi connectivity index (χ3n) is 2.82. The number of nitrogens with one attached hydrogen (secondary N) is 1. The van der Waals surface area contributed by atoms with Crippen molar-refractivity contribution in [1.82, 2.24) is 4.72 Å². The summed E-state index contributed by atoms with van der Waals surface area (Å²) in [6.45, 7) is 6.35. The number of benzene rings is 1. The molecule has 1 aromatic carbocycles. The summed E-state index contributed by atoms with van der Waals surface area (Å²) < 4.78 is 45.5. The van der Waals surface area contributed by atoms with Crippen molar-refractivity contribution in [2.24, 2.45) is 5.92 Å². The van der Waals surface area contributed by atoms with Crippen LogP contribution in [0.25, 0.3) is 0 Å². The number of ether oxygens (including phenoxy) is 1. The second-order valence-corrected chi connectivity index (χ2v) is 6.57. The fraction of sp³-hybridized carbons (Fsp3) is 0.538. The van der Waals surface area contributed by atoms with Gasteiger partial charge in [-0.1, -0.05) is 13.8 Å². The van der Waals surface area contributed by atoms with Crippen LogP contribution in [0.3, 0.4) is 0 Å². The molecule has 0 fully saturated rings. The van der Waals surface area contributed by atoms with Crippen molar-refractivity contribution in [3.8, 4) is 0 Å². The average Bonchev–Trinajstić information content (AvgIpc) is 2.32. The van der Waals surface area contributed by atoms with Crippen molar-refractivity contribution >= 4 is 15.7 Å². The van der Waals surface area contributed by atoms with Gasteiger partial charge in [-0.15, -0.1) is 0 Å². The molecule has 0 saturated carbocycles. The van der Waals surface area contributed by atoms with Gasteiger partial charge in [0.15, 0.2) is 0 Å². The first-order valence-corrected chi connectivity index (χ1v) is 7.90. The molecule has 0 aliphatic heterocycles. The third-order valence-corrected chi connectivity index (χ3v) is 4.29. The molecule has 0 radical (unpaired) electrons. The number of hydrogen-bond donors (Lipinski definition) is 2. The van der Waals surface area contributed by atoms with E-state index in [1.807, 2.05) is 20.8 Å². The highest BCUT2D eigenvalue weighted by atomic mass is 32.2. The van der Waals surface area contributed by atoms with Gasteiger partial charge in [0, 0.05) is 18.3 Å². The lowest BCUT2D eigenvalue weighted by atomic mass is 10.1. The quantitative estimate of drug-likeness (QED) is 0.752. The lowest BCUT2D eigenvalue weighted by Crippen LogP contribution is -2.41. The molecule has 3 N–H and O–H groups in total. The summed E-state index contributed by atoms with van der Waals surface area (Å²) >= 11 is 0. The Balaban J connectivity index is 2.97. The first-order chi connectivity index (χ1) is 9.26. The number of halogens is 1. The molecule has 1 atom stereocenters. The summed E-state index contributed by atoms with van der Waals surface area (Å²) in [5, 5.41) is 0. The average molecular weight is 304 g/mol. The Bertz CT molecular complexity index is 526. The Kier molecular flexibility index (Phi) is 5.91. The van der Waals surface area contributed by atoms with Crippen molar-refractivity contribution in [3.05, 3.63) is 24.0 Å². The maximum atomic E-state index is 13.3. The van der Waals surface area contributed by atoms with Crippen LogP contribution in [-0.2, 0) is 14.8 Å². The number of anilines is 1. The van der Waals surface area contributed by atoms with Crippen LogP contribution in [0.5, 0.6) is 0 Å². The molecule has 5 nitrogen and oxygen atoms in total. The summed E-state index contributed by atoms with van der Waals surface area (Å²) in [4.78, 5) is -0.183. The molecule has 0 amide bonds. The van der Waals surface area contributed by atoms with Crippen LogP contribution in [0.1, 0.15) is 20.8 Å². The molecule has 0 aliphatic rings. The smallest absolute Gasteiger partial charge is 0.241 e. The van der Waals surface area contributed by atoms with Crippen LogP contribution in [0.4, 0.5) is 10.1 Å². The Morgan fingerprint density at radius 1 is 1.35 bits per heavy atom. The van der Waals surface area contributed by atoms with E-state index >= 15 is 0 Å². The van der Waals surface area contributed by atoms with Gasteiger partial charge in [-0.2, -0.15) is 0 Å². The van der Waals surface area contributed by atoms with Crippen LogP contribution < -0.4 is 10.5 Å². The number of nitrogen functional groups attached to an aromatic ring is 1. The maximum Gasteiger partial charge on any atom is 0.241 e. The highest BCUT2D eigenvalue weighted by Gasteiger charge is 2.23. The van der Waals surface area contributed by atoms with Crippen LogP contribution in [-0.4, -0.2) is 27.7 Å². The molecule has 0 saturated heterocycles. The molecule has 0 bridgehead atoms. The zero-order valence-corrected chi connectivity index (χ0v) is 12.7. The van der Waals surface area contributed by atoms with E-state index in [0.717, 1.165) is 12.1 Å². The minimum atomic E-state index is -3.83. The Labute approximate surface area is 119 Å². The maximum absolute atomic E-state index is 13.3. The van der Waals surface area contributed by atoms with Gasteiger partial charge in [0.05, 0.1) is 11.5 Å². The Hall–Kier alpha value is -1.18. The van der Waals surface area contributed by atoms with Crippen molar-refractivity contribution in [1.29, 1.82) is 0 Å². The van der Waals surface area contributed by atoms with Gasteiger partial charge in [0.2, 0.25) is 10.0 Å². The minimum absolute atomic E-state index is 0.0437. The van der Waals surface area contributed by atoms with Crippen LogP contribution >= 0.6 is 0 Å². The summed E-state index contributed by atoms with van der Waals surface area (Å²) in [6, 6.07) is 2.85. The second kappa shape index (κ2) is 7.01. The number of rotatable bonds is 7. The molecule has 20 heavy (non-hydrogen) atoms. The second-order valence-electron chi connectivity index (χ2n) is 4.85. The van der Waals surface area contributed by atoms with Crippen molar-refractivity contribution in [2.75, 3.05) is 18.9 Å². The SMILES string of the molecule is CCOCC(NS(=O)(=O)c1cc(N)cc(F)c1)C(C)C. The van der Waals surface area contributed by atoms with Gasteiger partial charge in [0.1, 0.15) is 5.82 Å². The Morgan fingerprint density at radius 3 is 2.50 bits per heavy atom. The van der Waals surface area contributed by atoms with Gasteiger partial charge in [-0.25, -0.2) is 17.5 Å². The van der Waals surface area contributed by atoms with E-state index in [4.69, 9.17) is 10.5 Å². The van der Waals surface area contributed by atoms with Gasteiger partial charge in [0.25, 0.3) is 0 Å². The lowest BCUT2D eigenvalue weighted by Gasteiger charge is -2.22. The zero-order valence-electron chi connectivity index (χ0n) is 11.9. The molecule has 0 aromatic heterocycles. The molecule has 114 valence electrons. The van der Waals surface area contributed by atoms with E-state index in [2.05, 4.69) is 4.72 Å². The first kappa shape index (κ1) is 16.9. The van der Waals surface area contributed by atoms with E-state index in [0.29, 0.717) is 6.61 Å². The van der Waals surface area contributed by atoms with E-state index in [-0.39, 0.29) is 29.1 Å². The topological polar surface area (TPSA) is 81.4 Å². The molecule has 1 rings (SSSR count). The fourth-order valence-electron chi connectivity index (χ4n) is 1.61. The molecular formula is C13H21FN2O3S. The van der Waals surface area contributed by atoms with Crippen LogP contribution in [0.15, 0.2) is 23.1 Å². The molecule has 1 aromatic rings. The van der Waals surface area contributed by atoms with Gasteiger partial charge >= 0.3 is 0 Å². The number of sulfonamides is 1. The van der Waals surface area contributed by atoms with E-state index in [1.165, 1.54) is 6.07 Å². The predicted molar refractivity (Wildman–Crippen MR) is 76.3 cm³/mol. The molecule has 7 heteroatoms. The summed E-state index contributed by atoms with van der Waals surface area (Å²) in [7, 11) is -3.83. The van der Waals surface area contributed by atoms with Crippen molar-refractivity contribution in [3.63, 3.8) is 0 Å². The monoisotopic (exact) mass is 304 g/mol. The predicted octanol–water partition coefficient (Wildman–Crippen LogP) is 1.75. The summed E-state index contributed by atoms with van der Waals surface area (Å²) in [5.41, 5.74) is 5.54. The molecule has 0 spiro atoms. The third kappa shape index (κ3) is 4.73. The minimum Gasteiger partial charge on any atom is -0.399 e.